The fraction of sp³-hybridized carbons (Fsp3) is 0.179. The van der Waals surface area contributed by atoms with E-state index in [1.54, 1.807) is 18.2 Å². The van der Waals surface area contributed by atoms with Gasteiger partial charge in [0, 0.05) is 40.6 Å². The van der Waals surface area contributed by atoms with E-state index in [1.807, 2.05) is 78.9 Å². The van der Waals surface area contributed by atoms with Crippen LogP contribution in [0, 0.1) is 0 Å². The topological polar surface area (TPSA) is 92.2 Å². The van der Waals surface area contributed by atoms with Crippen molar-refractivity contribution >= 4 is 35.0 Å². The highest BCUT2D eigenvalue weighted by atomic mass is 35.5. The second kappa shape index (κ2) is 13.8. The van der Waals surface area contributed by atoms with E-state index in [0.717, 1.165) is 27.8 Å². The third kappa shape index (κ3) is 6.18. The van der Waals surface area contributed by atoms with Crippen molar-refractivity contribution in [1.82, 2.24) is 10.9 Å². The van der Waals surface area contributed by atoms with Crippen LogP contribution >= 0.6 is 23.2 Å². The Bertz CT molecular complexity index is 1920. The molecule has 2 aliphatic rings. The molecule has 1 aliphatic heterocycles. The van der Waals surface area contributed by atoms with Gasteiger partial charge in [-0.3, -0.25) is 10.2 Å². The summed E-state index contributed by atoms with van der Waals surface area (Å²) in [7, 11) is 0. The number of aliphatic imine (C=N–C) groups is 1. The quantitative estimate of drug-likeness (QED) is 0.0987. The standard InChI is InChI=1S/C39H33Cl2N3O4/c40-27-17-20-33(34(41)23-27)36-39(24-25-9-2-1-3-10-25,42-37(48-36)26-15-18-28(19-16-26)47-22-8-21-45)38(46)44-43-35-31-13-6-4-11-29(31)30-12-5-7-14-32(30)35/h1-7,9-20,23,35-36,43,45H,8,21-22,24H2,(H,44,46)/t36-,39-/m0/s1. The number of carbonyl (C=O) groups excluding carboxylic acids is 1. The summed E-state index contributed by atoms with van der Waals surface area (Å²) in [4.78, 5) is 19.9. The van der Waals surface area contributed by atoms with Crippen LogP contribution in [0.3, 0.4) is 0 Å². The number of hydrogen-bond acceptors (Lipinski definition) is 6. The van der Waals surface area contributed by atoms with Crippen LogP contribution in [0.1, 0.15) is 46.4 Å². The number of rotatable bonds is 11. The van der Waals surface area contributed by atoms with Gasteiger partial charge in [-0.25, -0.2) is 10.4 Å². The van der Waals surface area contributed by atoms with Crippen LogP contribution < -0.4 is 15.6 Å². The number of aliphatic hydroxyl groups is 1. The zero-order chi connectivity index (χ0) is 33.1. The average molecular weight is 679 g/mol. The number of aliphatic hydroxyl groups excluding tert-OH is 1. The van der Waals surface area contributed by atoms with Crippen molar-refractivity contribution in [2.24, 2.45) is 4.99 Å². The normalized spacial score (nSPS) is 18.1. The summed E-state index contributed by atoms with van der Waals surface area (Å²) < 4.78 is 12.4. The van der Waals surface area contributed by atoms with Crippen LogP contribution in [0.15, 0.2) is 126 Å². The molecule has 2 atom stereocenters. The summed E-state index contributed by atoms with van der Waals surface area (Å²) in [5.41, 5.74) is 11.5. The SMILES string of the molecule is O=C(NNC1c2ccccc2-c2ccccc21)[C@@]1(Cc2ccccc2)N=C(c2ccc(OCCCO)cc2)O[C@H]1c1ccc(Cl)cc1Cl. The van der Waals surface area contributed by atoms with Crippen LogP contribution in [0.5, 0.6) is 5.75 Å². The minimum atomic E-state index is -1.46. The molecule has 1 aliphatic carbocycles. The Morgan fingerprint density at radius 3 is 2.17 bits per heavy atom. The smallest absolute Gasteiger partial charge is 0.266 e. The van der Waals surface area contributed by atoms with Gasteiger partial charge in [-0.05, 0) is 64.2 Å². The summed E-state index contributed by atoms with van der Waals surface area (Å²) >= 11 is 13.1. The first kappa shape index (κ1) is 31.9. The summed E-state index contributed by atoms with van der Waals surface area (Å²) in [5.74, 6) is 0.580. The first-order valence-corrected chi connectivity index (χ1v) is 16.6. The number of amides is 1. The third-order valence-electron chi connectivity index (χ3n) is 8.76. The largest absolute Gasteiger partial charge is 0.494 e. The summed E-state index contributed by atoms with van der Waals surface area (Å²) in [5, 5.41) is 9.94. The highest BCUT2D eigenvalue weighted by Crippen LogP contribution is 2.46. The lowest BCUT2D eigenvalue weighted by atomic mass is 9.82. The van der Waals surface area contributed by atoms with Crippen LogP contribution in [0.2, 0.25) is 10.0 Å². The Hall–Kier alpha value is -4.66. The number of nitrogens with zero attached hydrogens (tertiary/aromatic N) is 1. The molecular weight excluding hydrogens is 645 g/mol. The molecule has 0 spiro atoms. The minimum absolute atomic E-state index is 0.0531. The van der Waals surface area contributed by atoms with Crippen LogP contribution in [-0.2, 0) is 16.0 Å². The lowest BCUT2D eigenvalue weighted by Gasteiger charge is -2.32. The summed E-state index contributed by atoms with van der Waals surface area (Å²) in [6.45, 7) is 0.450. The Morgan fingerprint density at radius 2 is 1.50 bits per heavy atom. The molecule has 0 aromatic heterocycles. The molecule has 0 fully saturated rings. The third-order valence-corrected chi connectivity index (χ3v) is 9.32. The van der Waals surface area contributed by atoms with Gasteiger partial charge in [-0.1, -0.05) is 108 Å². The van der Waals surface area contributed by atoms with Crippen molar-refractivity contribution in [3.63, 3.8) is 0 Å². The number of carbonyl (C=O) groups is 1. The van der Waals surface area contributed by atoms with E-state index in [9.17, 15) is 4.79 Å². The molecule has 5 aromatic rings. The Labute approximate surface area is 289 Å². The van der Waals surface area contributed by atoms with Gasteiger partial charge in [-0.15, -0.1) is 0 Å². The molecule has 0 unspecified atom stereocenters. The second-order valence-corrected chi connectivity index (χ2v) is 12.7. The molecule has 0 saturated heterocycles. The first-order valence-electron chi connectivity index (χ1n) is 15.8. The lowest BCUT2D eigenvalue weighted by molar-refractivity contribution is -0.130. The van der Waals surface area contributed by atoms with E-state index in [4.69, 9.17) is 42.8 Å². The molecule has 7 nitrogen and oxygen atoms in total. The van der Waals surface area contributed by atoms with Crippen LogP contribution in [0.25, 0.3) is 11.1 Å². The molecule has 0 bridgehead atoms. The van der Waals surface area contributed by atoms with Crippen molar-refractivity contribution in [3.8, 4) is 16.9 Å². The highest BCUT2D eigenvalue weighted by molar-refractivity contribution is 6.35. The molecule has 1 amide bonds. The van der Waals surface area contributed by atoms with Crippen molar-refractivity contribution in [2.45, 2.75) is 30.5 Å². The fourth-order valence-corrected chi connectivity index (χ4v) is 6.95. The van der Waals surface area contributed by atoms with Crippen molar-refractivity contribution in [1.29, 1.82) is 0 Å². The molecule has 5 aromatic carbocycles. The highest BCUT2D eigenvalue weighted by Gasteiger charge is 2.54. The van der Waals surface area contributed by atoms with Gasteiger partial charge >= 0.3 is 0 Å². The summed E-state index contributed by atoms with van der Waals surface area (Å²) in [6, 6.07) is 38.3. The first-order chi connectivity index (χ1) is 23.5. The zero-order valence-electron chi connectivity index (χ0n) is 25.9. The molecule has 1 heterocycles. The van der Waals surface area contributed by atoms with Gasteiger partial charge in [0.15, 0.2) is 11.6 Å². The minimum Gasteiger partial charge on any atom is -0.494 e. The van der Waals surface area contributed by atoms with Gasteiger partial charge in [-0.2, -0.15) is 0 Å². The Balaban J connectivity index is 1.28. The van der Waals surface area contributed by atoms with Gasteiger partial charge in [0.1, 0.15) is 5.75 Å². The molecule has 9 heteroatoms. The fourth-order valence-electron chi connectivity index (χ4n) is 6.44. The molecule has 0 saturated carbocycles. The molecule has 3 N–H and O–H groups in total. The number of benzene rings is 5. The van der Waals surface area contributed by atoms with Gasteiger partial charge in [0.25, 0.3) is 5.91 Å². The van der Waals surface area contributed by atoms with E-state index >= 15 is 0 Å². The number of hydrogen-bond donors (Lipinski definition) is 3. The number of halogens is 2. The maximum Gasteiger partial charge on any atom is 0.266 e. The Morgan fingerprint density at radius 1 is 0.833 bits per heavy atom. The number of nitrogens with one attached hydrogen (secondary N) is 2. The number of ether oxygens (including phenoxy) is 2. The maximum absolute atomic E-state index is 14.8. The lowest BCUT2D eigenvalue weighted by Crippen LogP contribution is -2.54. The number of hydrazine groups is 1. The van der Waals surface area contributed by atoms with E-state index in [-0.39, 0.29) is 25.0 Å². The maximum atomic E-state index is 14.8. The predicted molar refractivity (Wildman–Crippen MR) is 188 cm³/mol. The van der Waals surface area contributed by atoms with Crippen LogP contribution in [-0.4, -0.2) is 35.7 Å². The monoisotopic (exact) mass is 677 g/mol. The van der Waals surface area contributed by atoms with Crippen molar-refractivity contribution < 1.29 is 19.4 Å². The van der Waals surface area contributed by atoms with E-state index in [0.29, 0.717) is 45.8 Å². The van der Waals surface area contributed by atoms with Crippen molar-refractivity contribution in [2.75, 3.05) is 13.2 Å². The van der Waals surface area contributed by atoms with Crippen LogP contribution in [0.4, 0.5) is 0 Å². The second-order valence-electron chi connectivity index (χ2n) is 11.8. The molecular formula is C39H33Cl2N3O4. The van der Waals surface area contributed by atoms with E-state index in [2.05, 4.69) is 35.1 Å². The van der Waals surface area contributed by atoms with Gasteiger partial charge in [0.05, 0.1) is 12.6 Å². The van der Waals surface area contributed by atoms with Crippen molar-refractivity contribution in [3.05, 3.63) is 159 Å². The zero-order valence-corrected chi connectivity index (χ0v) is 27.4. The molecule has 242 valence electrons. The van der Waals surface area contributed by atoms with Gasteiger partial charge < -0.3 is 14.6 Å². The van der Waals surface area contributed by atoms with E-state index in [1.165, 1.54) is 0 Å². The van der Waals surface area contributed by atoms with Gasteiger partial charge in [0.2, 0.25) is 5.90 Å². The van der Waals surface area contributed by atoms with E-state index < -0.39 is 11.6 Å². The number of fused-ring (bicyclic) bond motifs is 3. The molecule has 0 radical (unpaired) electrons. The average Bonchev–Trinajstić information content (AvgIpc) is 3.65. The predicted octanol–water partition coefficient (Wildman–Crippen LogP) is 7.65. The summed E-state index contributed by atoms with van der Waals surface area (Å²) in [6.07, 6.45) is -0.123. The molecule has 48 heavy (non-hydrogen) atoms. The Kier molecular flexibility index (Phi) is 9.19. The molecule has 7 rings (SSSR count).